The Morgan fingerprint density at radius 3 is 2.53 bits per heavy atom. The van der Waals surface area contributed by atoms with Gasteiger partial charge in [0.05, 0.1) is 6.07 Å². The first-order valence-electron chi connectivity index (χ1n) is 5.20. The van der Waals surface area contributed by atoms with Crippen LogP contribution in [0.5, 0.6) is 0 Å². The molecule has 2 atom stereocenters. The summed E-state index contributed by atoms with van der Waals surface area (Å²) in [5.74, 6) is -0.540. The minimum atomic E-state index is -4.37. The summed E-state index contributed by atoms with van der Waals surface area (Å²) in [6, 6.07) is -0.377. The number of carbonyl (C=O) groups excluding carboxylic acids is 1. The van der Waals surface area contributed by atoms with Crippen molar-refractivity contribution < 1.29 is 18.0 Å². The molecule has 1 rings (SSSR count). The van der Waals surface area contributed by atoms with Gasteiger partial charge in [-0.05, 0) is 14.0 Å². The molecule has 1 aliphatic rings. The highest BCUT2D eigenvalue weighted by molar-refractivity contribution is 5.78. The Kier molecular flexibility index (Phi) is 3.98. The average Bonchev–Trinajstić information content (AvgIpc) is 2.20. The molecule has 1 amide bonds. The molecule has 0 aromatic heterocycles. The average molecular weight is 249 g/mol. The molecular formula is C10H14F3N3O. The highest BCUT2D eigenvalue weighted by Crippen LogP contribution is 2.29. The first-order valence-corrected chi connectivity index (χ1v) is 5.20. The second kappa shape index (κ2) is 4.92. The van der Waals surface area contributed by atoms with E-state index in [2.05, 4.69) is 0 Å². The number of nitrogens with zero attached hydrogens (tertiary/aromatic N) is 3. The van der Waals surface area contributed by atoms with Gasteiger partial charge in [0.25, 0.3) is 0 Å². The maximum Gasteiger partial charge on any atom is 0.405 e. The molecular weight excluding hydrogens is 235 g/mol. The van der Waals surface area contributed by atoms with E-state index >= 15 is 0 Å². The lowest BCUT2D eigenvalue weighted by Crippen LogP contribution is -2.62. The molecule has 0 aromatic rings. The standard InChI is InChI=1S/C10H14F3N3O/c1-7-5-16(9(17)3-4-14)6-8(15(7)2)10(11,12)13/h7-8H,3,5-6H2,1-2H3. The number of likely N-dealkylation sites (N-methyl/N-ethyl adjacent to an activating group) is 1. The normalized spacial score (nSPS) is 26.7. The van der Waals surface area contributed by atoms with E-state index in [1.165, 1.54) is 11.9 Å². The van der Waals surface area contributed by atoms with Gasteiger partial charge in [0.2, 0.25) is 5.91 Å². The van der Waals surface area contributed by atoms with Crippen molar-refractivity contribution in [2.45, 2.75) is 31.6 Å². The first kappa shape index (κ1) is 13.8. The predicted octanol–water partition coefficient (Wildman–Crippen LogP) is 0.993. The van der Waals surface area contributed by atoms with Gasteiger partial charge in [-0.2, -0.15) is 18.4 Å². The van der Waals surface area contributed by atoms with Crippen molar-refractivity contribution in [1.29, 1.82) is 5.26 Å². The SMILES string of the molecule is CC1CN(C(=O)CC#N)CC(C(F)(F)F)N1C. The minimum absolute atomic E-state index is 0.226. The molecule has 0 spiro atoms. The summed E-state index contributed by atoms with van der Waals surface area (Å²) in [4.78, 5) is 13.8. The molecule has 0 bridgehead atoms. The minimum Gasteiger partial charge on any atom is -0.338 e. The summed E-state index contributed by atoms with van der Waals surface area (Å²) in [7, 11) is 1.40. The summed E-state index contributed by atoms with van der Waals surface area (Å²) in [6.45, 7) is 1.46. The fourth-order valence-electron chi connectivity index (χ4n) is 1.88. The number of piperazine rings is 1. The molecule has 0 aliphatic carbocycles. The zero-order valence-electron chi connectivity index (χ0n) is 9.66. The van der Waals surface area contributed by atoms with E-state index in [-0.39, 0.29) is 19.0 Å². The summed E-state index contributed by atoms with van der Waals surface area (Å²) in [5, 5.41) is 8.38. The number of alkyl halides is 3. The molecule has 7 heteroatoms. The number of nitriles is 1. The largest absolute Gasteiger partial charge is 0.405 e. The molecule has 96 valence electrons. The van der Waals surface area contributed by atoms with Gasteiger partial charge in [-0.15, -0.1) is 0 Å². The van der Waals surface area contributed by atoms with Gasteiger partial charge in [-0.1, -0.05) is 0 Å². The molecule has 1 saturated heterocycles. The summed E-state index contributed by atoms with van der Waals surface area (Å²) < 4.78 is 38.2. The van der Waals surface area contributed by atoms with Crippen LogP contribution in [0.3, 0.4) is 0 Å². The Labute approximate surface area is 97.6 Å². The fourth-order valence-corrected chi connectivity index (χ4v) is 1.88. The molecule has 0 saturated carbocycles. The van der Waals surface area contributed by atoms with E-state index in [1.807, 2.05) is 0 Å². The van der Waals surface area contributed by atoms with Crippen molar-refractivity contribution in [2.24, 2.45) is 0 Å². The molecule has 17 heavy (non-hydrogen) atoms. The summed E-state index contributed by atoms with van der Waals surface area (Å²) >= 11 is 0. The lowest BCUT2D eigenvalue weighted by Gasteiger charge is -2.44. The van der Waals surface area contributed by atoms with Crippen LogP contribution in [0.2, 0.25) is 0 Å². The fraction of sp³-hybridized carbons (Fsp3) is 0.800. The molecule has 2 unspecified atom stereocenters. The van der Waals surface area contributed by atoms with Crippen molar-refractivity contribution in [1.82, 2.24) is 9.80 Å². The topological polar surface area (TPSA) is 47.3 Å². The summed E-state index contributed by atoms with van der Waals surface area (Å²) in [6.07, 6.45) is -4.74. The Morgan fingerprint density at radius 1 is 1.47 bits per heavy atom. The highest BCUT2D eigenvalue weighted by Gasteiger charge is 2.47. The lowest BCUT2D eigenvalue weighted by atomic mass is 10.1. The molecule has 1 fully saturated rings. The van der Waals surface area contributed by atoms with E-state index in [1.54, 1.807) is 13.0 Å². The lowest BCUT2D eigenvalue weighted by molar-refractivity contribution is -0.200. The van der Waals surface area contributed by atoms with E-state index in [0.717, 1.165) is 4.90 Å². The van der Waals surface area contributed by atoms with Crippen LogP contribution in [0.1, 0.15) is 13.3 Å². The van der Waals surface area contributed by atoms with Gasteiger partial charge in [-0.3, -0.25) is 9.69 Å². The number of halogens is 3. The maximum atomic E-state index is 12.7. The quantitative estimate of drug-likeness (QED) is 0.696. The molecule has 0 N–H and O–H groups in total. The molecule has 0 aromatic carbocycles. The zero-order chi connectivity index (χ0) is 13.2. The molecule has 0 radical (unpaired) electrons. The van der Waals surface area contributed by atoms with Gasteiger partial charge in [0, 0.05) is 19.1 Å². The zero-order valence-corrected chi connectivity index (χ0v) is 9.66. The molecule has 1 heterocycles. The van der Waals surface area contributed by atoms with Crippen molar-refractivity contribution in [3.05, 3.63) is 0 Å². The number of rotatable bonds is 1. The maximum absolute atomic E-state index is 12.7. The van der Waals surface area contributed by atoms with E-state index in [0.29, 0.717) is 0 Å². The Bertz CT molecular complexity index is 337. The Balaban J connectivity index is 2.81. The number of amides is 1. The van der Waals surface area contributed by atoms with Crippen molar-refractivity contribution in [3.8, 4) is 6.07 Å². The second-order valence-electron chi connectivity index (χ2n) is 4.21. The smallest absolute Gasteiger partial charge is 0.338 e. The highest BCUT2D eigenvalue weighted by atomic mass is 19.4. The first-order chi connectivity index (χ1) is 7.77. The van der Waals surface area contributed by atoms with Crippen LogP contribution in [0.25, 0.3) is 0 Å². The van der Waals surface area contributed by atoms with Crippen LogP contribution >= 0.6 is 0 Å². The molecule has 1 aliphatic heterocycles. The van der Waals surface area contributed by atoms with Crippen LogP contribution in [-0.2, 0) is 4.79 Å². The monoisotopic (exact) mass is 249 g/mol. The third-order valence-electron chi connectivity index (χ3n) is 3.03. The molecule has 4 nitrogen and oxygen atoms in total. The van der Waals surface area contributed by atoms with Crippen LogP contribution in [0.4, 0.5) is 13.2 Å². The van der Waals surface area contributed by atoms with Crippen molar-refractivity contribution in [2.75, 3.05) is 20.1 Å². The third kappa shape index (κ3) is 3.09. The van der Waals surface area contributed by atoms with Crippen molar-refractivity contribution >= 4 is 5.91 Å². The van der Waals surface area contributed by atoms with Gasteiger partial charge in [0.1, 0.15) is 12.5 Å². The van der Waals surface area contributed by atoms with Crippen LogP contribution in [0, 0.1) is 11.3 Å². The van der Waals surface area contributed by atoms with Crippen molar-refractivity contribution in [3.63, 3.8) is 0 Å². The number of carbonyl (C=O) groups is 1. The Hall–Kier alpha value is -1.29. The van der Waals surface area contributed by atoms with E-state index in [9.17, 15) is 18.0 Å². The second-order valence-corrected chi connectivity index (χ2v) is 4.21. The number of hydrogen-bond acceptors (Lipinski definition) is 3. The van der Waals surface area contributed by atoms with Crippen LogP contribution in [0.15, 0.2) is 0 Å². The van der Waals surface area contributed by atoms with Crippen LogP contribution in [-0.4, -0.2) is 54.1 Å². The summed E-state index contributed by atoms with van der Waals surface area (Å²) in [5.41, 5.74) is 0. The predicted molar refractivity (Wildman–Crippen MR) is 53.9 cm³/mol. The third-order valence-corrected chi connectivity index (χ3v) is 3.03. The number of hydrogen-bond donors (Lipinski definition) is 0. The Morgan fingerprint density at radius 2 is 2.06 bits per heavy atom. The van der Waals surface area contributed by atoms with Gasteiger partial charge in [-0.25, -0.2) is 0 Å². The van der Waals surface area contributed by atoms with Gasteiger partial charge >= 0.3 is 6.18 Å². The van der Waals surface area contributed by atoms with Gasteiger partial charge < -0.3 is 4.90 Å². The van der Waals surface area contributed by atoms with E-state index in [4.69, 9.17) is 5.26 Å². The van der Waals surface area contributed by atoms with Gasteiger partial charge in [0.15, 0.2) is 0 Å². The van der Waals surface area contributed by atoms with Crippen LogP contribution < -0.4 is 0 Å². The van der Waals surface area contributed by atoms with E-state index < -0.39 is 24.7 Å².